The Morgan fingerprint density at radius 3 is 2.47 bits per heavy atom. The van der Waals surface area contributed by atoms with Gasteiger partial charge < -0.3 is 10.1 Å². The lowest BCUT2D eigenvalue weighted by molar-refractivity contribution is -0.120. The predicted molar refractivity (Wildman–Crippen MR) is 125 cm³/mol. The Morgan fingerprint density at radius 2 is 1.72 bits per heavy atom. The van der Waals surface area contributed by atoms with E-state index in [0.717, 1.165) is 4.47 Å². The number of hydrogen-bond acceptors (Lipinski definition) is 5. The molecule has 32 heavy (non-hydrogen) atoms. The number of benzene rings is 3. The summed E-state index contributed by atoms with van der Waals surface area (Å²) < 4.78 is 6.18. The van der Waals surface area contributed by atoms with Crippen LogP contribution in [0.5, 0.6) is 5.75 Å². The van der Waals surface area contributed by atoms with Gasteiger partial charge in [-0.15, -0.1) is 0 Å². The van der Waals surface area contributed by atoms with Gasteiger partial charge in [0.25, 0.3) is 11.8 Å². The minimum atomic E-state index is -0.533. The van der Waals surface area contributed by atoms with Crippen molar-refractivity contribution in [3.8, 4) is 5.75 Å². The van der Waals surface area contributed by atoms with Gasteiger partial charge in [-0.2, -0.15) is 5.10 Å². The summed E-state index contributed by atoms with van der Waals surface area (Å²) in [6.07, 6.45) is 1.34. The number of carbonyl (C=O) groups excluding carboxylic acids is 3. The number of esters is 1. The van der Waals surface area contributed by atoms with E-state index in [1.54, 1.807) is 66.7 Å². The maximum Gasteiger partial charge on any atom is 0.343 e. The van der Waals surface area contributed by atoms with E-state index in [9.17, 15) is 14.4 Å². The quantitative estimate of drug-likeness (QED) is 0.214. The number of nitrogens with one attached hydrogen (secondary N) is 2. The van der Waals surface area contributed by atoms with Crippen molar-refractivity contribution < 1.29 is 19.1 Å². The van der Waals surface area contributed by atoms with E-state index in [0.29, 0.717) is 21.7 Å². The van der Waals surface area contributed by atoms with Crippen molar-refractivity contribution in [3.05, 3.63) is 99.0 Å². The Morgan fingerprint density at radius 1 is 0.969 bits per heavy atom. The molecule has 162 valence electrons. The number of amides is 2. The molecule has 0 radical (unpaired) electrons. The van der Waals surface area contributed by atoms with E-state index < -0.39 is 17.8 Å². The van der Waals surface area contributed by atoms with Crippen LogP contribution in [0.1, 0.15) is 26.3 Å². The van der Waals surface area contributed by atoms with Crippen LogP contribution < -0.4 is 15.5 Å². The number of nitrogens with zero attached hydrogens (tertiary/aromatic N) is 1. The second-order valence-electron chi connectivity index (χ2n) is 6.42. The Kier molecular flexibility index (Phi) is 8.13. The minimum Gasteiger partial charge on any atom is -0.422 e. The highest BCUT2D eigenvalue weighted by molar-refractivity contribution is 9.10. The van der Waals surface area contributed by atoms with Gasteiger partial charge in [-0.3, -0.25) is 9.59 Å². The van der Waals surface area contributed by atoms with Gasteiger partial charge in [-0.1, -0.05) is 51.8 Å². The summed E-state index contributed by atoms with van der Waals surface area (Å²) in [7, 11) is 0. The Balaban J connectivity index is 1.58. The largest absolute Gasteiger partial charge is 0.422 e. The van der Waals surface area contributed by atoms with Crippen LogP contribution in [-0.4, -0.2) is 30.5 Å². The second-order valence-corrected chi connectivity index (χ2v) is 7.78. The average molecular weight is 515 g/mol. The highest BCUT2D eigenvalue weighted by Crippen LogP contribution is 2.23. The fourth-order valence-corrected chi connectivity index (χ4v) is 3.12. The molecule has 0 saturated carbocycles. The van der Waals surface area contributed by atoms with Crippen molar-refractivity contribution in [1.82, 2.24) is 10.7 Å². The molecule has 7 nitrogen and oxygen atoms in total. The fraction of sp³-hybridized carbons (Fsp3) is 0.0435. The van der Waals surface area contributed by atoms with Crippen LogP contribution in [0.3, 0.4) is 0 Å². The first-order valence-corrected chi connectivity index (χ1v) is 10.5. The Bertz CT molecular complexity index is 1170. The summed E-state index contributed by atoms with van der Waals surface area (Å²) >= 11 is 9.21. The van der Waals surface area contributed by atoms with Crippen LogP contribution >= 0.6 is 27.5 Å². The van der Waals surface area contributed by atoms with E-state index in [-0.39, 0.29) is 12.3 Å². The molecule has 0 aliphatic carbocycles. The van der Waals surface area contributed by atoms with Crippen LogP contribution in [0.4, 0.5) is 0 Å². The number of ether oxygens (including phenoxy) is 1. The molecule has 9 heteroatoms. The first kappa shape index (κ1) is 23.2. The first-order valence-electron chi connectivity index (χ1n) is 9.35. The van der Waals surface area contributed by atoms with E-state index in [1.807, 2.05) is 0 Å². The van der Waals surface area contributed by atoms with Gasteiger partial charge in [0.2, 0.25) is 0 Å². The van der Waals surface area contributed by atoms with Crippen molar-refractivity contribution >= 4 is 51.5 Å². The molecule has 2 N–H and O–H groups in total. The summed E-state index contributed by atoms with van der Waals surface area (Å²) in [4.78, 5) is 36.4. The zero-order chi connectivity index (χ0) is 22.9. The smallest absolute Gasteiger partial charge is 0.343 e. The first-order chi connectivity index (χ1) is 15.4. The maximum absolute atomic E-state index is 12.3. The van der Waals surface area contributed by atoms with Crippen molar-refractivity contribution in [2.24, 2.45) is 5.10 Å². The number of rotatable bonds is 7. The molecule has 3 aromatic rings. The van der Waals surface area contributed by atoms with E-state index in [2.05, 4.69) is 31.8 Å². The Hall–Kier alpha value is -3.49. The summed E-state index contributed by atoms with van der Waals surface area (Å²) in [6.45, 7) is -0.281. The third-order valence-electron chi connectivity index (χ3n) is 4.07. The molecule has 0 fully saturated rings. The van der Waals surface area contributed by atoms with Crippen molar-refractivity contribution in [2.75, 3.05) is 6.54 Å². The van der Waals surface area contributed by atoms with Crippen LogP contribution in [0, 0.1) is 0 Å². The molecule has 0 heterocycles. The average Bonchev–Trinajstić information content (AvgIpc) is 2.79. The summed E-state index contributed by atoms with van der Waals surface area (Å²) in [5.74, 6) is -1.21. The number of halogens is 2. The highest BCUT2D eigenvalue weighted by Gasteiger charge is 2.12. The molecule has 0 unspecified atom stereocenters. The van der Waals surface area contributed by atoms with Crippen molar-refractivity contribution in [2.45, 2.75) is 0 Å². The number of hydrogen-bond donors (Lipinski definition) is 2. The second kappa shape index (κ2) is 11.2. The molecule has 2 amide bonds. The molecular formula is C23H17BrClN3O4. The van der Waals surface area contributed by atoms with E-state index in [1.165, 1.54) is 12.3 Å². The standard InChI is InChI=1S/C23H17BrClN3O4/c24-18-9-10-20(32-23(31)15-5-2-1-3-6-15)17(11-18)13-27-28-21(29)14-26-22(30)16-7-4-8-19(25)12-16/h1-13H,14H2,(H,26,30)(H,28,29)/b27-13+. The molecule has 0 atom stereocenters. The van der Waals surface area contributed by atoms with Crippen molar-refractivity contribution in [1.29, 1.82) is 0 Å². The van der Waals surface area contributed by atoms with Crippen LogP contribution in [0.2, 0.25) is 5.02 Å². The summed E-state index contributed by atoms with van der Waals surface area (Å²) in [5, 5.41) is 6.78. The van der Waals surface area contributed by atoms with Crippen LogP contribution in [-0.2, 0) is 4.79 Å². The van der Waals surface area contributed by atoms with Gasteiger partial charge in [-0.25, -0.2) is 10.2 Å². The fourth-order valence-electron chi connectivity index (χ4n) is 2.55. The Labute approximate surface area is 197 Å². The third-order valence-corrected chi connectivity index (χ3v) is 4.80. The maximum atomic E-state index is 12.3. The van der Waals surface area contributed by atoms with E-state index >= 15 is 0 Å². The lowest BCUT2D eigenvalue weighted by atomic mass is 10.2. The molecule has 0 bridgehead atoms. The monoisotopic (exact) mass is 513 g/mol. The number of hydrazone groups is 1. The SMILES string of the molecule is O=C(CNC(=O)c1cccc(Cl)c1)N/N=C/c1cc(Br)ccc1OC(=O)c1ccccc1. The lowest BCUT2D eigenvalue weighted by Crippen LogP contribution is -2.34. The number of carbonyl (C=O) groups is 3. The molecule has 0 saturated heterocycles. The summed E-state index contributed by atoms with van der Waals surface area (Å²) in [5.41, 5.74) is 3.52. The molecule has 0 aliphatic rings. The molecule has 0 spiro atoms. The van der Waals surface area contributed by atoms with Gasteiger partial charge >= 0.3 is 5.97 Å². The topological polar surface area (TPSA) is 96.9 Å². The molecule has 0 aliphatic heterocycles. The molecule has 3 aromatic carbocycles. The van der Waals surface area contributed by atoms with Crippen LogP contribution in [0.15, 0.2) is 82.4 Å². The molecule has 3 rings (SSSR count). The zero-order valence-electron chi connectivity index (χ0n) is 16.5. The van der Waals surface area contributed by atoms with Gasteiger partial charge in [0.05, 0.1) is 18.3 Å². The van der Waals surface area contributed by atoms with Crippen molar-refractivity contribution in [3.63, 3.8) is 0 Å². The normalized spacial score (nSPS) is 10.6. The van der Waals surface area contributed by atoms with E-state index in [4.69, 9.17) is 16.3 Å². The molecule has 0 aromatic heterocycles. The third kappa shape index (κ3) is 6.76. The summed E-state index contributed by atoms with van der Waals surface area (Å²) in [6, 6.07) is 19.9. The van der Waals surface area contributed by atoms with Crippen LogP contribution in [0.25, 0.3) is 0 Å². The van der Waals surface area contributed by atoms with Gasteiger partial charge in [0, 0.05) is 20.6 Å². The van der Waals surface area contributed by atoms with Gasteiger partial charge in [-0.05, 0) is 48.5 Å². The van der Waals surface area contributed by atoms with Gasteiger partial charge in [0.15, 0.2) is 0 Å². The minimum absolute atomic E-state index is 0.273. The zero-order valence-corrected chi connectivity index (χ0v) is 18.9. The highest BCUT2D eigenvalue weighted by atomic mass is 79.9. The van der Waals surface area contributed by atoms with Gasteiger partial charge in [0.1, 0.15) is 5.75 Å². The lowest BCUT2D eigenvalue weighted by Gasteiger charge is -2.08. The predicted octanol–water partition coefficient (Wildman–Crippen LogP) is 4.20. The molecular weight excluding hydrogens is 498 g/mol.